The highest BCUT2D eigenvalue weighted by atomic mass is 32.1. The second-order valence-corrected chi connectivity index (χ2v) is 5.12. The quantitative estimate of drug-likeness (QED) is 0.844. The minimum atomic E-state index is -0.0293. The molecule has 0 spiro atoms. The Hall–Kier alpha value is -1.14. The van der Waals surface area contributed by atoms with Crippen molar-refractivity contribution in [1.82, 2.24) is 9.88 Å². The number of carbonyl (C=O) groups excluding carboxylic acids is 1. The van der Waals surface area contributed by atoms with Crippen LogP contribution in [0.2, 0.25) is 0 Å². The van der Waals surface area contributed by atoms with Gasteiger partial charge in [0.05, 0.1) is 0 Å². The van der Waals surface area contributed by atoms with Crippen molar-refractivity contribution in [2.45, 2.75) is 31.7 Å². The highest BCUT2D eigenvalue weighted by Gasteiger charge is 2.29. The van der Waals surface area contributed by atoms with Gasteiger partial charge in [0.25, 0.3) is 5.91 Å². The molecule has 0 aliphatic carbocycles. The molecule has 1 aromatic heterocycles. The lowest BCUT2D eigenvalue weighted by atomic mass is 10.1. The number of aliphatic hydroxyl groups excluding tert-OH is 1. The Bertz CT molecular complexity index is 394. The van der Waals surface area contributed by atoms with Crippen LogP contribution in [0.1, 0.15) is 36.2 Å². The minimum absolute atomic E-state index is 0.0293. The molecule has 1 atom stereocenters. The molecule has 94 valence electrons. The van der Waals surface area contributed by atoms with E-state index in [2.05, 4.69) is 4.98 Å². The summed E-state index contributed by atoms with van der Waals surface area (Å²) >= 11 is 1.29. The number of hydrogen-bond donors (Lipinski definition) is 2. The Balaban J connectivity index is 2.03. The summed E-state index contributed by atoms with van der Waals surface area (Å²) in [5.41, 5.74) is 5.98. The van der Waals surface area contributed by atoms with E-state index in [4.69, 9.17) is 10.8 Å². The fraction of sp³-hybridized carbons (Fsp3) is 0.636. The van der Waals surface area contributed by atoms with Gasteiger partial charge in [-0.1, -0.05) is 0 Å². The van der Waals surface area contributed by atoms with E-state index in [9.17, 15) is 4.79 Å². The monoisotopic (exact) mass is 255 g/mol. The number of carbonyl (C=O) groups is 1. The van der Waals surface area contributed by atoms with Gasteiger partial charge in [-0.25, -0.2) is 4.98 Å². The maximum Gasteiger partial charge on any atom is 0.273 e. The molecular formula is C11H17N3O2S. The largest absolute Gasteiger partial charge is 0.396 e. The number of anilines is 1. The molecule has 0 saturated carbocycles. The Kier molecular flexibility index (Phi) is 3.96. The van der Waals surface area contributed by atoms with Crippen molar-refractivity contribution in [3.05, 3.63) is 11.1 Å². The average Bonchev–Trinajstić information content (AvgIpc) is 2.94. The van der Waals surface area contributed by atoms with Crippen LogP contribution in [0.3, 0.4) is 0 Å². The predicted molar refractivity (Wildman–Crippen MR) is 66.9 cm³/mol. The molecule has 3 N–H and O–H groups in total. The lowest BCUT2D eigenvalue weighted by molar-refractivity contribution is 0.0719. The summed E-state index contributed by atoms with van der Waals surface area (Å²) in [6.45, 7) is 0.967. The van der Waals surface area contributed by atoms with Gasteiger partial charge in [-0.3, -0.25) is 4.79 Å². The minimum Gasteiger partial charge on any atom is -0.396 e. The Labute approximate surface area is 104 Å². The van der Waals surface area contributed by atoms with Crippen molar-refractivity contribution in [3.8, 4) is 0 Å². The smallest absolute Gasteiger partial charge is 0.273 e. The number of nitrogens with zero attached hydrogens (tertiary/aromatic N) is 2. The van der Waals surface area contributed by atoms with E-state index in [0.29, 0.717) is 10.8 Å². The van der Waals surface area contributed by atoms with Crippen LogP contribution in [0.25, 0.3) is 0 Å². The number of amides is 1. The van der Waals surface area contributed by atoms with Gasteiger partial charge in [-0.15, -0.1) is 11.3 Å². The maximum atomic E-state index is 12.2. The zero-order chi connectivity index (χ0) is 12.3. The maximum absolute atomic E-state index is 12.2. The van der Waals surface area contributed by atoms with Gasteiger partial charge in [-0.2, -0.15) is 0 Å². The summed E-state index contributed by atoms with van der Waals surface area (Å²) in [6.07, 6.45) is 3.66. The molecule has 0 bridgehead atoms. The van der Waals surface area contributed by atoms with Gasteiger partial charge < -0.3 is 15.7 Å². The third-order valence-electron chi connectivity index (χ3n) is 3.07. The van der Waals surface area contributed by atoms with Gasteiger partial charge in [-0.05, 0) is 25.7 Å². The van der Waals surface area contributed by atoms with Crippen molar-refractivity contribution < 1.29 is 9.90 Å². The van der Waals surface area contributed by atoms with E-state index < -0.39 is 0 Å². The van der Waals surface area contributed by atoms with Gasteiger partial charge in [0.1, 0.15) is 5.69 Å². The molecular weight excluding hydrogens is 238 g/mol. The molecule has 1 unspecified atom stereocenters. The fourth-order valence-corrected chi connectivity index (χ4v) is 2.80. The highest BCUT2D eigenvalue weighted by Crippen LogP contribution is 2.24. The van der Waals surface area contributed by atoms with Crippen molar-refractivity contribution in [2.75, 3.05) is 18.9 Å². The normalized spacial score (nSPS) is 19.8. The number of hydrogen-bond acceptors (Lipinski definition) is 5. The van der Waals surface area contributed by atoms with E-state index in [0.717, 1.165) is 32.2 Å². The molecule has 1 aromatic rings. The van der Waals surface area contributed by atoms with Crippen LogP contribution in [0, 0.1) is 0 Å². The molecule has 0 radical (unpaired) electrons. The van der Waals surface area contributed by atoms with Gasteiger partial charge in [0.15, 0.2) is 5.13 Å². The zero-order valence-corrected chi connectivity index (χ0v) is 10.4. The fourth-order valence-electron chi connectivity index (χ4n) is 2.26. The number of aromatic nitrogens is 1. The van der Waals surface area contributed by atoms with Crippen LogP contribution in [-0.4, -0.2) is 40.1 Å². The Morgan fingerprint density at radius 1 is 1.71 bits per heavy atom. The predicted octanol–water partition coefficient (Wildman–Crippen LogP) is 1.10. The topological polar surface area (TPSA) is 79.5 Å². The molecule has 2 heterocycles. The van der Waals surface area contributed by atoms with E-state index in [1.807, 2.05) is 4.90 Å². The van der Waals surface area contributed by atoms with Crippen molar-refractivity contribution >= 4 is 22.4 Å². The number of rotatable bonds is 4. The summed E-state index contributed by atoms with van der Waals surface area (Å²) in [6, 6.07) is 0.248. The molecule has 1 aliphatic rings. The number of thiazole rings is 1. The second kappa shape index (κ2) is 5.46. The third-order valence-corrected chi connectivity index (χ3v) is 3.75. The van der Waals surface area contributed by atoms with Crippen LogP contribution in [-0.2, 0) is 0 Å². The Morgan fingerprint density at radius 2 is 2.53 bits per heavy atom. The van der Waals surface area contributed by atoms with Gasteiger partial charge in [0, 0.05) is 24.6 Å². The van der Waals surface area contributed by atoms with Crippen molar-refractivity contribution in [3.63, 3.8) is 0 Å². The zero-order valence-electron chi connectivity index (χ0n) is 9.63. The summed E-state index contributed by atoms with van der Waals surface area (Å²) in [7, 11) is 0. The van der Waals surface area contributed by atoms with Crippen LogP contribution in [0.15, 0.2) is 5.38 Å². The Morgan fingerprint density at radius 3 is 3.18 bits per heavy atom. The summed E-state index contributed by atoms with van der Waals surface area (Å²) in [5.74, 6) is -0.0293. The molecule has 6 heteroatoms. The van der Waals surface area contributed by atoms with Crippen LogP contribution in [0.4, 0.5) is 5.13 Å². The first-order chi connectivity index (χ1) is 8.22. The number of nitrogen functional groups attached to an aromatic ring is 1. The summed E-state index contributed by atoms with van der Waals surface area (Å²) < 4.78 is 0. The lowest BCUT2D eigenvalue weighted by Crippen LogP contribution is -2.35. The van der Waals surface area contributed by atoms with Crippen LogP contribution in [0.5, 0.6) is 0 Å². The third kappa shape index (κ3) is 2.76. The van der Waals surface area contributed by atoms with Crippen molar-refractivity contribution in [2.24, 2.45) is 0 Å². The van der Waals surface area contributed by atoms with Gasteiger partial charge >= 0.3 is 0 Å². The first kappa shape index (κ1) is 12.3. The van der Waals surface area contributed by atoms with E-state index in [1.165, 1.54) is 11.3 Å². The number of likely N-dealkylation sites (tertiary alicyclic amines) is 1. The van der Waals surface area contributed by atoms with Crippen molar-refractivity contribution in [1.29, 1.82) is 0 Å². The molecule has 2 rings (SSSR count). The summed E-state index contributed by atoms with van der Waals surface area (Å²) in [4.78, 5) is 18.1. The van der Waals surface area contributed by atoms with Gasteiger partial charge in [0.2, 0.25) is 0 Å². The average molecular weight is 255 g/mol. The van der Waals surface area contributed by atoms with E-state index in [1.54, 1.807) is 5.38 Å². The lowest BCUT2D eigenvalue weighted by Gasteiger charge is -2.23. The van der Waals surface area contributed by atoms with E-state index >= 15 is 0 Å². The summed E-state index contributed by atoms with van der Waals surface area (Å²) in [5, 5.41) is 11.0. The molecule has 5 nitrogen and oxygen atoms in total. The molecule has 17 heavy (non-hydrogen) atoms. The van der Waals surface area contributed by atoms with Crippen LogP contribution >= 0.6 is 11.3 Å². The molecule has 1 amide bonds. The molecule has 0 aromatic carbocycles. The molecule has 1 saturated heterocycles. The standard InChI is InChI=1S/C11H17N3O2S/c12-11-13-9(7-17-11)10(16)14-5-1-3-8(14)4-2-6-15/h7-8,15H,1-6H2,(H2,12,13). The number of aliphatic hydroxyl groups is 1. The molecule has 1 aliphatic heterocycles. The molecule has 1 fully saturated rings. The highest BCUT2D eigenvalue weighted by molar-refractivity contribution is 7.13. The number of nitrogens with two attached hydrogens (primary N) is 1. The first-order valence-electron chi connectivity index (χ1n) is 5.85. The first-order valence-corrected chi connectivity index (χ1v) is 6.73. The van der Waals surface area contributed by atoms with Crippen LogP contribution < -0.4 is 5.73 Å². The SMILES string of the molecule is Nc1nc(C(=O)N2CCCC2CCCO)cs1. The second-order valence-electron chi connectivity index (χ2n) is 4.23. The van der Waals surface area contributed by atoms with E-state index in [-0.39, 0.29) is 18.6 Å².